The molecule has 154 valence electrons. The molecule has 0 spiro atoms. The Morgan fingerprint density at radius 3 is 2.72 bits per heavy atom. The number of rotatable bonds is 5. The highest BCUT2D eigenvalue weighted by molar-refractivity contribution is 5.80. The molecule has 2 fully saturated rings. The van der Waals surface area contributed by atoms with Crippen LogP contribution in [0.1, 0.15) is 12.0 Å². The van der Waals surface area contributed by atoms with Crippen LogP contribution in [0.5, 0.6) is 0 Å². The third-order valence-electron chi connectivity index (χ3n) is 5.50. The lowest BCUT2D eigenvalue weighted by molar-refractivity contribution is 0.122. The van der Waals surface area contributed by atoms with Gasteiger partial charge in [-0.15, -0.1) is 0 Å². The molecule has 2 N–H and O–H groups in total. The zero-order valence-corrected chi connectivity index (χ0v) is 17.1. The van der Waals surface area contributed by atoms with Crippen molar-refractivity contribution in [2.45, 2.75) is 19.0 Å². The van der Waals surface area contributed by atoms with Gasteiger partial charge in [0, 0.05) is 63.3 Å². The van der Waals surface area contributed by atoms with Crippen LogP contribution in [0, 0.1) is 0 Å². The number of hydrogen-bond acceptors (Lipinski definition) is 5. The normalized spacial score (nSPS) is 20.0. The zero-order chi connectivity index (χ0) is 19.9. The van der Waals surface area contributed by atoms with Crippen molar-refractivity contribution in [3.05, 3.63) is 54.2 Å². The number of anilines is 2. The van der Waals surface area contributed by atoms with Crippen LogP contribution >= 0.6 is 0 Å². The van der Waals surface area contributed by atoms with E-state index < -0.39 is 0 Å². The molecule has 2 aliphatic rings. The summed E-state index contributed by atoms with van der Waals surface area (Å²) in [6.45, 7) is 6.01. The highest BCUT2D eigenvalue weighted by Crippen LogP contribution is 2.20. The number of ether oxygens (including phenoxy) is 1. The lowest BCUT2D eigenvalue weighted by Crippen LogP contribution is -2.44. The van der Waals surface area contributed by atoms with Gasteiger partial charge in [0.05, 0.1) is 13.2 Å². The first kappa shape index (κ1) is 19.5. The second-order valence-electron chi connectivity index (χ2n) is 7.42. The Balaban J connectivity index is 1.33. The number of guanidine groups is 1. The summed E-state index contributed by atoms with van der Waals surface area (Å²) in [5, 5.41) is 7.05. The second kappa shape index (κ2) is 9.60. The van der Waals surface area contributed by atoms with Gasteiger partial charge in [-0.05, 0) is 24.6 Å². The van der Waals surface area contributed by atoms with E-state index in [0.717, 1.165) is 57.6 Å². The first-order valence-corrected chi connectivity index (χ1v) is 10.4. The van der Waals surface area contributed by atoms with E-state index in [4.69, 9.17) is 4.74 Å². The van der Waals surface area contributed by atoms with Gasteiger partial charge in [0.25, 0.3) is 0 Å². The van der Waals surface area contributed by atoms with Crippen LogP contribution in [-0.4, -0.2) is 63.4 Å². The largest absolute Gasteiger partial charge is 0.378 e. The van der Waals surface area contributed by atoms with Gasteiger partial charge in [-0.1, -0.05) is 24.3 Å². The molecule has 2 saturated heterocycles. The number of pyridine rings is 1. The van der Waals surface area contributed by atoms with Crippen molar-refractivity contribution >= 4 is 17.5 Å². The monoisotopic (exact) mass is 394 g/mol. The maximum Gasteiger partial charge on any atom is 0.191 e. The molecular formula is C22H30N6O. The molecule has 0 amide bonds. The Morgan fingerprint density at radius 2 is 1.93 bits per heavy atom. The molecule has 4 rings (SSSR count). The van der Waals surface area contributed by atoms with E-state index in [1.54, 1.807) is 0 Å². The summed E-state index contributed by atoms with van der Waals surface area (Å²) in [6.07, 6.45) is 2.96. The van der Waals surface area contributed by atoms with Crippen LogP contribution in [0.4, 0.5) is 11.5 Å². The molecule has 1 unspecified atom stereocenters. The lowest BCUT2D eigenvalue weighted by Gasteiger charge is -2.29. The smallest absolute Gasteiger partial charge is 0.191 e. The molecule has 29 heavy (non-hydrogen) atoms. The number of aliphatic imine (C=N–C) groups is 1. The van der Waals surface area contributed by atoms with Crippen molar-refractivity contribution in [2.75, 3.05) is 56.2 Å². The van der Waals surface area contributed by atoms with Gasteiger partial charge in [-0.2, -0.15) is 0 Å². The van der Waals surface area contributed by atoms with Gasteiger partial charge in [0.1, 0.15) is 5.82 Å². The highest BCUT2D eigenvalue weighted by Gasteiger charge is 2.23. The molecule has 7 heteroatoms. The maximum atomic E-state index is 5.47. The SMILES string of the molecule is CN=C(NCc1cccnc1N1CCOCC1)NC1CCN(c2ccccc2)C1. The molecule has 7 nitrogen and oxygen atoms in total. The Bertz CT molecular complexity index is 806. The van der Waals surface area contributed by atoms with Crippen molar-refractivity contribution in [1.29, 1.82) is 0 Å². The highest BCUT2D eigenvalue weighted by atomic mass is 16.5. The number of nitrogens with zero attached hydrogens (tertiary/aromatic N) is 4. The average molecular weight is 395 g/mol. The average Bonchev–Trinajstić information content (AvgIpc) is 3.26. The fourth-order valence-corrected chi connectivity index (χ4v) is 3.95. The molecular weight excluding hydrogens is 364 g/mol. The van der Waals surface area contributed by atoms with Crippen LogP contribution in [0.25, 0.3) is 0 Å². The number of benzene rings is 1. The standard InChI is InChI=1S/C22H30N6O/c1-23-22(26-19-9-11-28(17-19)20-7-3-2-4-8-20)25-16-18-6-5-10-24-21(18)27-12-14-29-15-13-27/h2-8,10,19H,9,11-17H2,1H3,(H2,23,25,26). The van der Waals surface area contributed by atoms with E-state index in [-0.39, 0.29) is 0 Å². The van der Waals surface area contributed by atoms with Gasteiger partial charge in [0.15, 0.2) is 5.96 Å². The number of para-hydroxylation sites is 1. The number of morpholine rings is 1. The van der Waals surface area contributed by atoms with Crippen LogP contribution in [0.2, 0.25) is 0 Å². The molecule has 2 aromatic rings. The van der Waals surface area contributed by atoms with Crippen molar-refractivity contribution < 1.29 is 4.74 Å². The Hall–Kier alpha value is -2.80. The van der Waals surface area contributed by atoms with Crippen LogP contribution in [-0.2, 0) is 11.3 Å². The topological polar surface area (TPSA) is 65.0 Å². The molecule has 1 aromatic carbocycles. The summed E-state index contributed by atoms with van der Waals surface area (Å²) in [5.41, 5.74) is 2.46. The maximum absolute atomic E-state index is 5.47. The minimum atomic E-state index is 0.383. The molecule has 2 aliphatic heterocycles. The van der Waals surface area contributed by atoms with E-state index in [2.05, 4.69) is 66.8 Å². The Labute approximate surface area is 172 Å². The first-order valence-electron chi connectivity index (χ1n) is 10.4. The summed E-state index contributed by atoms with van der Waals surface area (Å²) in [6, 6.07) is 15.1. The van der Waals surface area contributed by atoms with E-state index in [0.29, 0.717) is 12.6 Å². The molecule has 1 aromatic heterocycles. The minimum Gasteiger partial charge on any atom is -0.378 e. The Kier molecular flexibility index (Phi) is 6.46. The van der Waals surface area contributed by atoms with Gasteiger partial charge < -0.3 is 25.2 Å². The van der Waals surface area contributed by atoms with Crippen molar-refractivity contribution in [3.8, 4) is 0 Å². The van der Waals surface area contributed by atoms with Crippen molar-refractivity contribution in [2.24, 2.45) is 4.99 Å². The van der Waals surface area contributed by atoms with Crippen molar-refractivity contribution in [1.82, 2.24) is 15.6 Å². The summed E-state index contributed by atoms with van der Waals surface area (Å²) >= 11 is 0. The quantitative estimate of drug-likeness (QED) is 0.596. The van der Waals surface area contributed by atoms with E-state index in [9.17, 15) is 0 Å². The number of aromatic nitrogens is 1. The van der Waals surface area contributed by atoms with Gasteiger partial charge in [-0.25, -0.2) is 4.98 Å². The van der Waals surface area contributed by atoms with Crippen molar-refractivity contribution in [3.63, 3.8) is 0 Å². The Morgan fingerprint density at radius 1 is 1.10 bits per heavy atom. The first-order chi connectivity index (χ1) is 14.3. The minimum absolute atomic E-state index is 0.383. The second-order valence-corrected chi connectivity index (χ2v) is 7.42. The molecule has 3 heterocycles. The fraction of sp³-hybridized carbons (Fsp3) is 0.455. The molecule has 0 saturated carbocycles. The van der Waals surface area contributed by atoms with Crippen LogP contribution < -0.4 is 20.4 Å². The van der Waals surface area contributed by atoms with Gasteiger partial charge in [-0.3, -0.25) is 4.99 Å². The summed E-state index contributed by atoms with van der Waals surface area (Å²) in [4.78, 5) is 13.8. The number of nitrogens with one attached hydrogen (secondary N) is 2. The third-order valence-corrected chi connectivity index (χ3v) is 5.50. The summed E-state index contributed by atoms with van der Waals surface area (Å²) in [5.74, 6) is 1.87. The lowest BCUT2D eigenvalue weighted by atomic mass is 10.2. The van der Waals surface area contributed by atoms with Gasteiger partial charge in [0.2, 0.25) is 0 Å². The van der Waals surface area contributed by atoms with Gasteiger partial charge >= 0.3 is 0 Å². The third kappa shape index (κ3) is 4.98. The summed E-state index contributed by atoms with van der Waals surface area (Å²) in [7, 11) is 1.82. The van der Waals surface area contributed by atoms with Crippen LogP contribution in [0.15, 0.2) is 53.7 Å². The predicted molar refractivity (Wildman–Crippen MR) is 118 cm³/mol. The molecule has 0 radical (unpaired) electrons. The van der Waals surface area contributed by atoms with Crippen LogP contribution in [0.3, 0.4) is 0 Å². The fourth-order valence-electron chi connectivity index (χ4n) is 3.95. The molecule has 0 aliphatic carbocycles. The van der Waals surface area contributed by atoms with E-state index in [1.807, 2.05) is 19.3 Å². The summed E-state index contributed by atoms with van der Waals surface area (Å²) < 4.78 is 5.47. The molecule has 0 bridgehead atoms. The van der Waals surface area contributed by atoms with E-state index in [1.165, 1.54) is 11.3 Å². The number of hydrogen-bond donors (Lipinski definition) is 2. The predicted octanol–water partition coefficient (Wildman–Crippen LogP) is 1.86. The molecule has 1 atom stereocenters. The zero-order valence-electron chi connectivity index (χ0n) is 17.1. The van der Waals surface area contributed by atoms with E-state index >= 15 is 0 Å².